The third kappa shape index (κ3) is 5.28. The number of rotatable bonds is 7. The molecule has 0 radical (unpaired) electrons. The minimum Gasteiger partial charge on any atom is -0.454 e. The van der Waals surface area contributed by atoms with E-state index in [2.05, 4.69) is 155 Å². The molecule has 1 spiro atoms. The molecule has 1 heterocycles. The maximum atomic E-state index is 9.19. The Kier molecular flexibility index (Phi) is 7.04. The van der Waals surface area contributed by atoms with Crippen LogP contribution in [0.3, 0.4) is 0 Å². The van der Waals surface area contributed by atoms with Crippen molar-refractivity contribution in [2.75, 3.05) is 9.80 Å². The number of furan rings is 1. The molecule has 10 aromatic carbocycles. The third-order valence-electron chi connectivity index (χ3n) is 13.1. The van der Waals surface area contributed by atoms with Crippen LogP contribution in [0.2, 0.25) is 0 Å². The Hall–Kier alpha value is -8.40. The Morgan fingerprint density at radius 3 is 1.52 bits per heavy atom. The minimum atomic E-state index is -0.744. The zero-order chi connectivity index (χ0) is 46.5. The molecule has 0 bridgehead atoms. The van der Waals surface area contributed by atoms with Gasteiger partial charge in [0.25, 0.3) is 0 Å². The quantitative estimate of drug-likeness (QED) is 0.160. The van der Waals surface area contributed by atoms with E-state index in [-0.39, 0.29) is 29.7 Å². The van der Waals surface area contributed by atoms with E-state index in [1.165, 1.54) is 27.8 Å². The summed E-state index contributed by atoms with van der Waals surface area (Å²) in [5.41, 5.74) is 15.9. The second-order valence-corrected chi connectivity index (χ2v) is 16.4. The van der Waals surface area contributed by atoms with Crippen molar-refractivity contribution in [3.63, 3.8) is 0 Å². The van der Waals surface area contributed by atoms with Crippen molar-refractivity contribution in [3.05, 3.63) is 265 Å². The molecular weight excluding hydrogens is 777 g/mol. The van der Waals surface area contributed by atoms with Crippen molar-refractivity contribution >= 4 is 56.1 Å². The summed E-state index contributed by atoms with van der Waals surface area (Å²) in [5.74, 6) is 0. The molecule has 0 fully saturated rings. The highest BCUT2D eigenvalue weighted by molar-refractivity contribution is 6.11. The summed E-state index contributed by atoms with van der Waals surface area (Å²) in [5, 5.41) is 1.91. The maximum Gasteiger partial charge on any atom is 0.159 e. The average Bonchev–Trinajstić information content (AvgIpc) is 4.03. The van der Waals surface area contributed by atoms with Gasteiger partial charge in [-0.3, -0.25) is 0 Å². The van der Waals surface area contributed by atoms with Gasteiger partial charge in [-0.1, -0.05) is 176 Å². The van der Waals surface area contributed by atoms with Crippen molar-refractivity contribution in [1.29, 1.82) is 0 Å². The van der Waals surface area contributed by atoms with E-state index < -0.39 is 11.5 Å². The molecule has 0 amide bonds. The van der Waals surface area contributed by atoms with Gasteiger partial charge in [-0.05, 0) is 117 Å². The van der Waals surface area contributed by atoms with E-state index in [9.17, 15) is 2.74 Å². The van der Waals surface area contributed by atoms with Crippen molar-refractivity contribution in [2.24, 2.45) is 0 Å². The summed E-state index contributed by atoms with van der Waals surface area (Å²) in [4.78, 5) is 4.46. The first-order chi connectivity index (χ1) is 33.8. The molecule has 13 rings (SSSR count). The summed E-state index contributed by atoms with van der Waals surface area (Å²) in [6, 6.07) is 72.1. The molecule has 2 aliphatic carbocycles. The minimum absolute atomic E-state index is 0.121. The highest BCUT2D eigenvalue weighted by atomic mass is 16.3. The van der Waals surface area contributed by atoms with Gasteiger partial charge in [0, 0.05) is 39.1 Å². The maximum absolute atomic E-state index is 9.19. The molecule has 0 saturated carbocycles. The second-order valence-electron chi connectivity index (χ2n) is 16.4. The van der Waals surface area contributed by atoms with Gasteiger partial charge >= 0.3 is 0 Å². The Labute approximate surface area is 379 Å². The van der Waals surface area contributed by atoms with E-state index in [4.69, 9.17) is 8.53 Å². The van der Waals surface area contributed by atoms with Crippen LogP contribution in [0.5, 0.6) is 0 Å². The number of benzene rings is 10. The van der Waals surface area contributed by atoms with Crippen LogP contribution >= 0.6 is 0 Å². The Morgan fingerprint density at radius 1 is 0.359 bits per heavy atom. The van der Waals surface area contributed by atoms with Crippen LogP contribution in [-0.2, 0) is 5.41 Å². The summed E-state index contributed by atoms with van der Waals surface area (Å²) < 4.78 is 51.1. The van der Waals surface area contributed by atoms with Gasteiger partial charge in [0.1, 0.15) is 5.58 Å². The van der Waals surface area contributed by atoms with E-state index in [0.717, 1.165) is 61.5 Å². The zero-order valence-corrected chi connectivity index (χ0v) is 34.5. The van der Waals surface area contributed by atoms with Gasteiger partial charge in [-0.15, -0.1) is 0 Å². The topological polar surface area (TPSA) is 19.6 Å². The molecular formula is C61H40N2O. The number of nitrogens with zero attached hydrogens (tertiary/aromatic N) is 2. The largest absolute Gasteiger partial charge is 0.454 e. The molecule has 3 nitrogen and oxygen atoms in total. The van der Waals surface area contributed by atoms with Crippen LogP contribution in [0.4, 0.5) is 34.1 Å². The molecule has 1 atom stereocenters. The van der Waals surface area contributed by atoms with Gasteiger partial charge in [-0.25, -0.2) is 0 Å². The first-order valence-electron chi connectivity index (χ1n) is 24.1. The molecule has 11 aromatic rings. The van der Waals surface area contributed by atoms with Crippen LogP contribution in [0.15, 0.2) is 247 Å². The van der Waals surface area contributed by atoms with Gasteiger partial charge in [0.05, 0.1) is 23.6 Å². The number of para-hydroxylation sites is 5. The van der Waals surface area contributed by atoms with E-state index >= 15 is 0 Å². The Balaban J connectivity index is 1.11. The van der Waals surface area contributed by atoms with Crippen LogP contribution in [-0.4, -0.2) is 0 Å². The monoisotopic (exact) mass is 821 g/mol. The SMILES string of the molecule is [2H]c1c([2H])c([2H])c(-c2ccccc2N(c2ccc3c(c2)C2(c4ccccc4-c4ccc(N(c5ccccc5)c5ccccc5)cc42)c2ccccc2-3)c2cccc3c2oc2ccccc23)c([2H])c1[2H]. The predicted molar refractivity (Wildman–Crippen MR) is 265 cm³/mol. The molecule has 300 valence electrons. The van der Waals surface area contributed by atoms with Gasteiger partial charge in [0.2, 0.25) is 0 Å². The lowest BCUT2D eigenvalue weighted by Gasteiger charge is -2.33. The Morgan fingerprint density at radius 2 is 0.859 bits per heavy atom. The van der Waals surface area contributed by atoms with Crippen LogP contribution < -0.4 is 9.80 Å². The summed E-state index contributed by atoms with van der Waals surface area (Å²) in [6.07, 6.45) is 0. The lowest BCUT2D eigenvalue weighted by atomic mass is 9.70. The molecule has 3 heteroatoms. The molecule has 64 heavy (non-hydrogen) atoms. The fourth-order valence-electron chi connectivity index (χ4n) is 10.6. The molecule has 0 saturated heterocycles. The first-order valence-corrected chi connectivity index (χ1v) is 21.6. The van der Waals surface area contributed by atoms with Gasteiger partial charge < -0.3 is 14.2 Å². The van der Waals surface area contributed by atoms with Crippen LogP contribution in [0.1, 0.15) is 29.1 Å². The van der Waals surface area contributed by atoms with Gasteiger partial charge in [-0.2, -0.15) is 0 Å². The summed E-state index contributed by atoms with van der Waals surface area (Å²) in [6.45, 7) is 0. The Bertz CT molecular complexity index is 3810. The predicted octanol–water partition coefficient (Wildman–Crippen LogP) is 16.5. The lowest BCUT2D eigenvalue weighted by molar-refractivity contribution is 0.669. The standard InChI is InChI=1S/C61H40N2O/c1-4-19-41(20-5-1)46-25-12-16-32-57(46)63(58-33-18-29-52-51-28-13-17-34-59(51)64-60(52)58)45-36-38-50-48-27-11-15-31-54(48)61(56(50)40-45)53-30-14-10-26-47(53)49-37-35-44(39-55(49)61)62(42-21-6-2-7-22-42)43-23-8-3-9-24-43/h1-40H/i1D,4D,5D,19D,20D. The van der Waals surface area contributed by atoms with E-state index in [1.807, 2.05) is 66.7 Å². The first kappa shape index (κ1) is 31.4. The zero-order valence-electron chi connectivity index (χ0n) is 39.5. The van der Waals surface area contributed by atoms with Crippen molar-refractivity contribution < 1.29 is 11.3 Å². The number of hydrogen-bond acceptors (Lipinski definition) is 3. The fourth-order valence-corrected chi connectivity index (χ4v) is 10.6. The summed E-state index contributed by atoms with van der Waals surface area (Å²) in [7, 11) is 0. The molecule has 0 aliphatic heterocycles. The van der Waals surface area contributed by atoms with Crippen molar-refractivity contribution in [3.8, 4) is 33.4 Å². The fraction of sp³-hybridized carbons (Fsp3) is 0.0164. The van der Waals surface area contributed by atoms with E-state index in [0.29, 0.717) is 16.8 Å². The molecule has 1 unspecified atom stereocenters. The molecule has 2 aliphatic rings. The second kappa shape index (κ2) is 14.3. The van der Waals surface area contributed by atoms with Gasteiger partial charge in [0.15, 0.2) is 5.58 Å². The highest BCUT2D eigenvalue weighted by Gasteiger charge is 2.52. The van der Waals surface area contributed by atoms with Crippen LogP contribution in [0, 0.1) is 0 Å². The lowest BCUT2D eigenvalue weighted by Crippen LogP contribution is -2.26. The third-order valence-corrected chi connectivity index (χ3v) is 13.1. The molecule has 1 aromatic heterocycles. The number of hydrogen-bond donors (Lipinski definition) is 0. The summed E-state index contributed by atoms with van der Waals surface area (Å²) >= 11 is 0. The smallest absolute Gasteiger partial charge is 0.159 e. The van der Waals surface area contributed by atoms with E-state index in [1.54, 1.807) is 0 Å². The van der Waals surface area contributed by atoms with Crippen molar-refractivity contribution in [1.82, 2.24) is 0 Å². The normalized spacial score (nSPS) is 15.4. The number of fused-ring (bicyclic) bond motifs is 13. The average molecular weight is 822 g/mol. The van der Waals surface area contributed by atoms with Crippen LogP contribution in [0.25, 0.3) is 55.3 Å². The van der Waals surface area contributed by atoms with Crippen molar-refractivity contribution in [2.45, 2.75) is 5.41 Å². The number of anilines is 6. The highest BCUT2D eigenvalue weighted by Crippen LogP contribution is 2.64. The molecule has 0 N–H and O–H groups in total.